The van der Waals surface area contributed by atoms with E-state index in [0.717, 1.165) is 25.7 Å². The highest BCUT2D eigenvalue weighted by atomic mass is 35.5. The van der Waals surface area contributed by atoms with Gasteiger partial charge in [0.2, 0.25) is 0 Å². The predicted octanol–water partition coefficient (Wildman–Crippen LogP) is 2.47. The van der Waals surface area contributed by atoms with Crippen LogP contribution in [0.1, 0.15) is 32.1 Å². The fraction of sp³-hybridized carbons (Fsp3) is 0.529. The van der Waals surface area contributed by atoms with Gasteiger partial charge in [0.15, 0.2) is 5.79 Å². The summed E-state index contributed by atoms with van der Waals surface area (Å²) in [7, 11) is 0. The summed E-state index contributed by atoms with van der Waals surface area (Å²) in [6.07, 6.45) is 4.96. The average molecular weight is 353 g/mol. The highest BCUT2D eigenvalue weighted by Crippen LogP contribution is 2.37. The van der Waals surface area contributed by atoms with Crippen molar-refractivity contribution in [1.82, 2.24) is 5.32 Å². The van der Waals surface area contributed by atoms with Crippen LogP contribution in [0.15, 0.2) is 24.3 Å². The molecule has 0 radical (unpaired) electrons. The van der Waals surface area contributed by atoms with Gasteiger partial charge in [0.1, 0.15) is 6.10 Å². The summed E-state index contributed by atoms with van der Waals surface area (Å²) in [6.45, 7) is 0.683. The monoisotopic (exact) mass is 352 g/mol. The standard InChI is InChI=1S/C17H21ClN2O4/c18-13-6-2-3-7-14(13)20-16(22)15(21)19-10-12-11-23-17(24-12)8-4-1-5-9-17/h2-3,6-7,12H,1,4-5,8-11H2,(H,19,21)(H,20,22). The largest absolute Gasteiger partial charge is 0.347 e. The molecule has 7 heteroatoms. The van der Waals surface area contributed by atoms with Gasteiger partial charge in [0.05, 0.1) is 17.3 Å². The molecule has 0 aromatic heterocycles. The Morgan fingerprint density at radius 3 is 2.67 bits per heavy atom. The molecule has 2 N–H and O–H groups in total. The first-order valence-electron chi connectivity index (χ1n) is 8.23. The van der Waals surface area contributed by atoms with E-state index < -0.39 is 17.6 Å². The van der Waals surface area contributed by atoms with Gasteiger partial charge in [0, 0.05) is 19.4 Å². The number of amides is 2. The summed E-state index contributed by atoms with van der Waals surface area (Å²) < 4.78 is 11.8. The summed E-state index contributed by atoms with van der Waals surface area (Å²) in [4.78, 5) is 23.8. The van der Waals surface area contributed by atoms with Gasteiger partial charge in [0.25, 0.3) is 0 Å². The number of anilines is 1. The van der Waals surface area contributed by atoms with Crippen LogP contribution in [0.5, 0.6) is 0 Å². The van der Waals surface area contributed by atoms with Crippen molar-refractivity contribution < 1.29 is 19.1 Å². The Balaban J connectivity index is 1.46. The maximum absolute atomic E-state index is 11.9. The maximum Gasteiger partial charge on any atom is 0.313 e. The second-order valence-electron chi connectivity index (χ2n) is 6.17. The number of carbonyl (C=O) groups is 2. The molecule has 2 amide bonds. The highest BCUT2D eigenvalue weighted by Gasteiger charge is 2.42. The second-order valence-corrected chi connectivity index (χ2v) is 6.57. The van der Waals surface area contributed by atoms with Gasteiger partial charge in [-0.05, 0) is 25.0 Å². The highest BCUT2D eigenvalue weighted by molar-refractivity contribution is 6.41. The van der Waals surface area contributed by atoms with Crippen LogP contribution in [0.3, 0.4) is 0 Å². The number of rotatable bonds is 3. The summed E-state index contributed by atoms with van der Waals surface area (Å²) in [6, 6.07) is 6.75. The van der Waals surface area contributed by atoms with Crippen molar-refractivity contribution in [2.24, 2.45) is 0 Å². The molecule has 3 rings (SSSR count). The fourth-order valence-electron chi connectivity index (χ4n) is 3.10. The van der Waals surface area contributed by atoms with Gasteiger partial charge in [-0.3, -0.25) is 9.59 Å². The van der Waals surface area contributed by atoms with E-state index in [4.69, 9.17) is 21.1 Å². The minimum atomic E-state index is -0.755. The van der Waals surface area contributed by atoms with E-state index >= 15 is 0 Å². The van der Waals surface area contributed by atoms with E-state index in [1.54, 1.807) is 24.3 Å². The number of ether oxygens (including phenoxy) is 2. The lowest BCUT2D eigenvalue weighted by Crippen LogP contribution is -2.41. The number of nitrogens with one attached hydrogen (secondary N) is 2. The molecule has 1 aromatic rings. The smallest absolute Gasteiger partial charge is 0.313 e. The first kappa shape index (κ1) is 17.2. The zero-order chi connectivity index (χ0) is 17.0. The zero-order valence-electron chi connectivity index (χ0n) is 13.3. The van der Waals surface area contributed by atoms with E-state index in [9.17, 15) is 9.59 Å². The second kappa shape index (κ2) is 7.51. The van der Waals surface area contributed by atoms with E-state index in [1.165, 1.54) is 6.42 Å². The van der Waals surface area contributed by atoms with E-state index in [-0.39, 0.29) is 12.6 Å². The summed E-state index contributed by atoms with van der Waals surface area (Å²) in [5, 5.41) is 5.45. The third-order valence-corrected chi connectivity index (χ3v) is 4.68. The Morgan fingerprint density at radius 2 is 1.92 bits per heavy atom. The fourth-order valence-corrected chi connectivity index (χ4v) is 3.28. The van der Waals surface area contributed by atoms with Crippen LogP contribution in [0.2, 0.25) is 5.02 Å². The molecule has 2 aliphatic rings. The first-order chi connectivity index (χ1) is 11.6. The molecule has 1 heterocycles. The van der Waals surface area contributed by atoms with Crippen molar-refractivity contribution in [1.29, 1.82) is 0 Å². The number of hydrogen-bond acceptors (Lipinski definition) is 4. The minimum Gasteiger partial charge on any atom is -0.347 e. The third-order valence-electron chi connectivity index (χ3n) is 4.35. The average Bonchev–Trinajstić information content (AvgIpc) is 2.98. The van der Waals surface area contributed by atoms with Gasteiger partial charge in [-0.25, -0.2) is 0 Å². The molecule has 1 saturated carbocycles. The first-order valence-corrected chi connectivity index (χ1v) is 8.61. The SMILES string of the molecule is O=C(NCC1COC2(CCCCC2)O1)C(=O)Nc1ccccc1Cl. The maximum atomic E-state index is 11.9. The number of benzene rings is 1. The van der Waals surface area contributed by atoms with Crippen molar-refractivity contribution >= 4 is 29.1 Å². The Hall–Kier alpha value is -1.63. The van der Waals surface area contributed by atoms with Crippen LogP contribution in [0.4, 0.5) is 5.69 Å². The zero-order valence-corrected chi connectivity index (χ0v) is 14.1. The van der Waals surface area contributed by atoms with E-state index in [0.29, 0.717) is 17.3 Å². The van der Waals surface area contributed by atoms with Crippen molar-refractivity contribution in [3.8, 4) is 0 Å². The molecule has 1 aliphatic heterocycles. The molecule has 1 saturated heterocycles. The van der Waals surface area contributed by atoms with Crippen LogP contribution >= 0.6 is 11.6 Å². The Morgan fingerprint density at radius 1 is 1.17 bits per heavy atom. The van der Waals surface area contributed by atoms with Crippen molar-refractivity contribution in [3.05, 3.63) is 29.3 Å². The molecule has 6 nitrogen and oxygen atoms in total. The lowest BCUT2D eigenvalue weighted by Gasteiger charge is -2.31. The van der Waals surface area contributed by atoms with Crippen molar-refractivity contribution in [2.75, 3.05) is 18.5 Å². The molecule has 1 unspecified atom stereocenters. The van der Waals surface area contributed by atoms with Gasteiger partial charge in [-0.2, -0.15) is 0 Å². The van der Waals surface area contributed by atoms with Gasteiger partial charge < -0.3 is 20.1 Å². The molecule has 24 heavy (non-hydrogen) atoms. The van der Waals surface area contributed by atoms with Crippen LogP contribution in [0, 0.1) is 0 Å². The topological polar surface area (TPSA) is 76.7 Å². The molecule has 1 aromatic carbocycles. The van der Waals surface area contributed by atoms with Crippen molar-refractivity contribution in [2.45, 2.75) is 44.0 Å². The third kappa shape index (κ3) is 4.06. The van der Waals surface area contributed by atoms with E-state index in [2.05, 4.69) is 10.6 Å². The number of carbonyl (C=O) groups excluding carboxylic acids is 2. The molecule has 2 fully saturated rings. The molecule has 1 atom stereocenters. The number of para-hydroxylation sites is 1. The van der Waals surface area contributed by atoms with Crippen LogP contribution in [0.25, 0.3) is 0 Å². The summed E-state index contributed by atoms with van der Waals surface area (Å²) in [5.41, 5.74) is 0.404. The Kier molecular flexibility index (Phi) is 5.38. The van der Waals surface area contributed by atoms with Crippen molar-refractivity contribution in [3.63, 3.8) is 0 Å². The molecular formula is C17H21ClN2O4. The lowest BCUT2D eigenvalue weighted by atomic mass is 9.94. The molecule has 0 bridgehead atoms. The molecular weight excluding hydrogens is 332 g/mol. The summed E-state index contributed by atoms with van der Waals surface area (Å²) >= 11 is 5.95. The normalized spacial score (nSPS) is 22.3. The molecule has 130 valence electrons. The van der Waals surface area contributed by atoms with Crippen LogP contribution in [-0.2, 0) is 19.1 Å². The van der Waals surface area contributed by atoms with Crippen LogP contribution in [-0.4, -0.2) is 36.9 Å². The molecule has 1 aliphatic carbocycles. The number of hydrogen-bond donors (Lipinski definition) is 2. The Bertz CT molecular complexity index is 616. The quantitative estimate of drug-likeness (QED) is 0.819. The number of halogens is 1. The lowest BCUT2D eigenvalue weighted by molar-refractivity contribution is -0.186. The molecule has 1 spiro atoms. The van der Waals surface area contributed by atoms with Gasteiger partial charge >= 0.3 is 11.8 Å². The van der Waals surface area contributed by atoms with Crippen LogP contribution < -0.4 is 10.6 Å². The van der Waals surface area contributed by atoms with Gasteiger partial charge in [-0.15, -0.1) is 0 Å². The predicted molar refractivity (Wildman–Crippen MR) is 89.7 cm³/mol. The van der Waals surface area contributed by atoms with E-state index in [1.807, 2.05) is 0 Å². The van der Waals surface area contributed by atoms with Gasteiger partial charge in [-0.1, -0.05) is 30.2 Å². The Labute approximate surface area is 145 Å². The minimum absolute atomic E-state index is 0.222. The summed E-state index contributed by atoms with van der Waals surface area (Å²) in [5.74, 6) is -1.95.